The monoisotopic (exact) mass is 295 g/mol. The maximum atomic E-state index is 13.7. The van der Waals surface area contributed by atoms with Crippen LogP contribution in [0.1, 0.15) is 24.7 Å². The van der Waals surface area contributed by atoms with Crippen LogP contribution < -0.4 is 11.3 Å². The lowest BCUT2D eigenvalue weighted by Gasteiger charge is -2.16. The molecular weight excluding hydrogens is 276 g/mol. The quantitative estimate of drug-likeness (QED) is 0.601. The first kappa shape index (κ1) is 15.5. The van der Waals surface area contributed by atoms with Crippen molar-refractivity contribution in [3.8, 4) is 0 Å². The Bertz CT molecular complexity index is 564. The zero-order valence-corrected chi connectivity index (χ0v) is 11.9. The van der Waals surface area contributed by atoms with Crippen LogP contribution in [-0.4, -0.2) is 20.8 Å². The Kier molecular flexibility index (Phi) is 5.35. The number of hydrazine groups is 1. The average Bonchev–Trinajstić information content (AvgIpc) is 2.89. The first-order valence-corrected chi connectivity index (χ1v) is 6.91. The van der Waals surface area contributed by atoms with Crippen molar-refractivity contribution in [3.05, 3.63) is 47.5 Å². The molecule has 1 atom stereocenters. The third-order valence-electron chi connectivity index (χ3n) is 3.31. The smallest absolute Gasteiger partial charge is 0.138 e. The third kappa shape index (κ3) is 3.83. The predicted octanol–water partition coefficient (Wildman–Crippen LogP) is 1.58. The zero-order chi connectivity index (χ0) is 15.2. The normalized spacial score (nSPS) is 12.6. The molecule has 0 bridgehead atoms. The van der Waals surface area contributed by atoms with Crippen LogP contribution in [0.2, 0.25) is 0 Å². The summed E-state index contributed by atoms with van der Waals surface area (Å²) in [7, 11) is 0. The van der Waals surface area contributed by atoms with Gasteiger partial charge in [-0.15, -0.1) is 0 Å². The molecule has 2 aromatic rings. The number of nitrogens with two attached hydrogens (primary N) is 1. The van der Waals surface area contributed by atoms with Crippen molar-refractivity contribution in [1.82, 2.24) is 20.2 Å². The van der Waals surface area contributed by atoms with Gasteiger partial charge in [0.1, 0.15) is 23.8 Å². The van der Waals surface area contributed by atoms with Crippen molar-refractivity contribution in [1.29, 1.82) is 0 Å². The molecule has 0 fully saturated rings. The first-order chi connectivity index (χ1) is 10.2. The molecule has 5 nitrogen and oxygen atoms in total. The van der Waals surface area contributed by atoms with Crippen LogP contribution in [0.5, 0.6) is 0 Å². The molecule has 1 aromatic carbocycles. The minimum absolute atomic E-state index is 0.0296. The molecular formula is C14H19F2N5. The summed E-state index contributed by atoms with van der Waals surface area (Å²) in [6, 6.07) is 3.50. The maximum absolute atomic E-state index is 13.7. The van der Waals surface area contributed by atoms with Crippen molar-refractivity contribution in [2.45, 2.75) is 38.8 Å². The number of benzene rings is 1. The number of halogens is 2. The van der Waals surface area contributed by atoms with E-state index in [2.05, 4.69) is 15.5 Å². The van der Waals surface area contributed by atoms with Gasteiger partial charge in [0.25, 0.3) is 0 Å². The Hall–Kier alpha value is -1.86. The van der Waals surface area contributed by atoms with Crippen LogP contribution in [0.3, 0.4) is 0 Å². The number of hydrogen-bond donors (Lipinski definition) is 2. The molecule has 1 unspecified atom stereocenters. The van der Waals surface area contributed by atoms with Gasteiger partial charge in [-0.3, -0.25) is 16.0 Å². The number of nitrogens with zero attached hydrogens (tertiary/aromatic N) is 3. The van der Waals surface area contributed by atoms with Crippen molar-refractivity contribution in [3.63, 3.8) is 0 Å². The zero-order valence-electron chi connectivity index (χ0n) is 11.9. The molecule has 0 aliphatic carbocycles. The number of aromatic nitrogens is 3. The van der Waals surface area contributed by atoms with Gasteiger partial charge in [-0.1, -0.05) is 13.0 Å². The largest absolute Gasteiger partial charge is 0.271 e. The summed E-state index contributed by atoms with van der Waals surface area (Å²) < 4.78 is 29.1. The van der Waals surface area contributed by atoms with Gasteiger partial charge >= 0.3 is 0 Å². The molecule has 1 aromatic heterocycles. The summed E-state index contributed by atoms with van der Waals surface area (Å²) in [6.45, 7) is 2.79. The second-order valence-corrected chi connectivity index (χ2v) is 4.87. The Morgan fingerprint density at radius 2 is 2.00 bits per heavy atom. The molecule has 0 aliphatic heterocycles. The number of aryl methyl sites for hydroxylation is 1. The lowest BCUT2D eigenvalue weighted by Crippen LogP contribution is -2.39. The standard InChI is InChI=1S/C14H19F2N5/c1-2-6-21-14(18-9-19-21)8-10(20-17)7-11-12(15)4-3-5-13(11)16/h3-5,9-10,20H,2,6-8,17H2,1H3. The van der Waals surface area contributed by atoms with Gasteiger partial charge < -0.3 is 0 Å². The molecule has 7 heteroatoms. The number of rotatable bonds is 7. The van der Waals surface area contributed by atoms with Gasteiger partial charge in [-0.25, -0.2) is 13.8 Å². The van der Waals surface area contributed by atoms with E-state index in [9.17, 15) is 8.78 Å². The number of hydrogen-bond acceptors (Lipinski definition) is 4. The van der Waals surface area contributed by atoms with Gasteiger partial charge in [-0.2, -0.15) is 5.10 Å². The molecule has 3 N–H and O–H groups in total. The predicted molar refractivity (Wildman–Crippen MR) is 75.2 cm³/mol. The minimum Gasteiger partial charge on any atom is -0.271 e. The van der Waals surface area contributed by atoms with E-state index in [0.29, 0.717) is 6.42 Å². The lowest BCUT2D eigenvalue weighted by atomic mass is 10.0. The van der Waals surface area contributed by atoms with Gasteiger partial charge in [0.05, 0.1) is 0 Å². The number of nitrogens with one attached hydrogen (secondary N) is 1. The van der Waals surface area contributed by atoms with Crippen LogP contribution in [0.15, 0.2) is 24.5 Å². The topological polar surface area (TPSA) is 68.8 Å². The van der Waals surface area contributed by atoms with Crippen molar-refractivity contribution >= 4 is 0 Å². The van der Waals surface area contributed by atoms with Crippen molar-refractivity contribution in [2.75, 3.05) is 0 Å². The second kappa shape index (κ2) is 7.24. The van der Waals surface area contributed by atoms with E-state index in [4.69, 9.17) is 5.84 Å². The summed E-state index contributed by atoms with van der Waals surface area (Å²) in [5.74, 6) is 5.13. The van der Waals surface area contributed by atoms with E-state index < -0.39 is 11.6 Å². The average molecular weight is 295 g/mol. The summed E-state index contributed by atoms with van der Waals surface area (Å²) in [5, 5.41) is 4.12. The molecule has 0 amide bonds. The SMILES string of the molecule is CCCn1ncnc1CC(Cc1c(F)cccc1F)NN. The van der Waals surface area contributed by atoms with E-state index in [1.165, 1.54) is 24.5 Å². The lowest BCUT2D eigenvalue weighted by molar-refractivity contribution is 0.461. The Balaban J connectivity index is 2.11. The fourth-order valence-electron chi connectivity index (χ4n) is 2.23. The first-order valence-electron chi connectivity index (χ1n) is 6.91. The van der Waals surface area contributed by atoms with Crippen LogP contribution in [0.25, 0.3) is 0 Å². The van der Waals surface area contributed by atoms with Gasteiger partial charge in [-0.05, 0) is 25.0 Å². The molecule has 0 spiro atoms. The summed E-state index contributed by atoms with van der Waals surface area (Å²) in [4.78, 5) is 4.18. The highest BCUT2D eigenvalue weighted by atomic mass is 19.1. The molecule has 0 aliphatic rings. The van der Waals surface area contributed by atoms with E-state index in [-0.39, 0.29) is 18.0 Å². The van der Waals surface area contributed by atoms with E-state index in [1.54, 1.807) is 4.68 Å². The van der Waals surface area contributed by atoms with E-state index >= 15 is 0 Å². The van der Waals surface area contributed by atoms with Gasteiger partial charge in [0, 0.05) is 24.6 Å². The third-order valence-corrected chi connectivity index (χ3v) is 3.31. The molecule has 0 radical (unpaired) electrons. The van der Waals surface area contributed by atoms with Gasteiger partial charge in [0.15, 0.2) is 0 Å². The Morgan fingerprint density at radius 1 is 1.29 bits per heavy atom. The second-order valence-electron chi connectivity index (χ2n) is 4.87. The highest BCUT2D eigenvalue weighted by molar-refractivity contribution is 5.21. The molecule has 114 valence electrons. The highest BCUT2D eigenvalue weighted by Crippen LogP contribution is 2.15. The summed E-state index contributed by atoms with van der Waals surface area (Å²) >= 11 is 0. The van der Waals surface area contributed by atoms with Crippen LogP contribution in [-0.2, 0) is 19.4 Å². The summed E-state index contributed by atoms with van der Waals surface area (Å²) in [5.41, 5.74) is 2.63. The molecule has 2 rings (SSSR count). The maximum Gasteiger partial charge on any atom is 0.138 e. The molecule has 21 heavy (non-hydrogen) atoms. The summed E-state index contributed by atoms with van der Waals surface area (Å²) in [6.07, 6.45) is 3.00. The van der Waals surface area contributed by atoms with E-state index in [1.807, 2.05) is 6.92 Å². The van der Waals surface area contributed by atoms with Crippen molar-refractivity contribution < 1.29 is 8.78 Å². The van der Waals surface area contributed by atoms with Crippen molar-refractivity contribution in [2.24, 2.45) is 5.84 Å². The molecule has 0 saturated heterocycles. The van der Waals surface area contributed by atoms with Gasteiger partial charge in [0.2, 0.25) is 0 Å². The Labute approximate surface area is 122 Å². The fourth-order valence-corrected chi connectivity index (χ4v) is 2.23. The Morgan fingerprint density at radius 3 is 2.62 bits per heavy atom. The minimum atomic E-state index is -0.565. The molecule has 1 heterocycles. The van der Waals surface area contributed by atoms with Crippen LogP contribution >= 0.6 is 0 Å². The van der Waals surface area contributed by atoms with Crippen LogP contribution in [0, 0.1) is 11.6 Å². The highest BCUT2D eigenvalue weighted by Gasteiger charge is 2.17. The fraction of sp³-hybridized carbons (Fsp3) is 0.429. The van der Waals surface area contributed by atoms with E-state index in [0.717, 1.165) is 18.8 Å². The molecule has 0 saturated carbocycles. The van der Waals surface area contributed by atoms with Crippen LogP contribution in [0.4, 0.5) is 8.78 Å².